The van der Waals surface area contributed by atoms with E-state index >= 15 is 0 Å². The molecule has 1 heterocycles. The van der Waals surface area contributed by atoms with Gasteiger partial charge >= 0.3 is 0 Å². The number of imide groups is 1. The van der Waals surface area contributed by atoms with E-state index in [0.29, 0.717) is 0 Å². The maximum absolute atomic E-state index is 12.3. The first-order valence-corrected chi connectivity index (χ1v) is 7.85. The van der Waals surface area contributed by atoms with E-state index in [4.69, 9.17) is 5.73 Å². The second-order valence-electron chi connectivity index (χ2n) is 6.23. The van der Waals surface area contributed by atoms with Gasteiger partial charge in [-0.05, 0) is 39.0 Å². The van der Waals surface area contributed by atoms with E-state index in [1.54, 1.807) is 0 Å². The Morgan fingerprint density at radius 1 is 1.33 bits per heavy atom. The average molecular weight is 295 g/mol. The Balaban J connectivity index is 1.89. The number of primary amides is 1. The minimum absolute atomic E-state index is 0.0394. The van der Waals surface area contributed by atoms with Crippen molar-refractivity contribution >= 4 is 17.7 Å². The third kappa shape index (κ3) is 3.43. The summed E-state index contributed by atoms with van der Waals surface area (Å²) in [4.78, 5) is 36.9. The van der Waals surface area contributed by atoms with E-state index in [9.17, 15) is 14.4 Å². The number of rotatable bonds is 5. The van der Waals surface area contributed by atoms with Crippen molar-refractivity contribution in [1.82, 2.24) is 10.2 Å². The number of nitrogens with one attached hydrogen (secondary N) is 1. The fourth-order valence-electron chi connectivity index (χ4n) is 3.26. The van der Waals surface area contributed by atoms with Crippen LogP contribution in [-0.4, -0.2) is 40.7 Å². The van der Waals surface area contributed by atoms with E-state index in [1.165, 1.54) is 4.90 Å². The molecule has 3 amide bonds. The molecule has 118 valence electrons. The largest absolute Gasteiger partial charge is 0.369 e. The van der Waals surface area contributed by atoms with E-state index < -0.39 is 6.04 Å². The lowest BCUT2D eigenvalue weighted by atomic mass is 9.85. The third-order valence-corrected chi connectivity index (χ3v) is 4.78. The second kappa shape index (κ2) is 6.56. The summed E-state index contributed by atoms with van der Waals surface area (Å²) in [6.45, 7) is 3.87. The highest BCUT2D eigenvalue weighted by atomic mass is 16.2. The summed E-state index contributed by atoms with van der Waals surface area (Å²) in [5.41, 5.74) is 5.32. The molecule has 2 atom stereocenters. The van der Waals surface area contributed by atoms with Crippen LogP contribution < -0.4 is 11.1 Å². The number of carbonyl (C=O) groups excluding carboxylic acids is 3. The van der Waals surface area contributed by atoms with Gasteiger partial charge in [-0.1, -0.05) is 6.92 Å². The lowest BCUT2D eigenvalue weighted by Gasteiger charge is -2.29. The zero-order chi connectivity index (χ0) is 15.6. The SMILES string of the molecule is CCC(C)N1C(=O)CC(NC2CCC(C(N)=O)CC2)C1=O. The van der Waals surface area contributed by atoms with Crippen LogP contribution in [0.2, 0.25) is 0 Å². The highest BCUT2D eigenvalue weighted by Crippen LogP contribution is 2.26. The van der Waals surface area contributed by atoms with Crippen LogP contribution in [0.25, 0.3) is 0 Å². The number of hydrogen-bond acceptors (Lipinski definition) is 4. The minimum Gasteiger partial charge on any atom is -0.369 e. The van der Waals surface area contributed by atoms with Gasteiger partial charge in [0.2, 0.25) is 17.7 Å². The second-order valence-corrected chi connectivity index (χ2v) is 6.23. The molecule has 1 aliphatic heterocycles. The van der Waals surface area contributed by atoms with Gasteiger partial charge in [0.25, 0.3) is 0 Å². The molecule has 1 saturated heterocycles. The van der Waals surface area contributed by atoms with Gasteiger partial charge in [-0.3, -0.25) is 19.3 Å². The predicted molar refractivity (Wildman–Crippen MR) is 78.1 cm³/mol. The first kappa shape index (κ1) is 15.9. The lowest BCUT2D eigenvalue weighted by Crippen LogP contribution is -2.47. The van der Waals surface area contributed by atoms with Gasteiger partial charge in [0.15, 0.2) is 0 Å². The molecule has 0 radical (unpaired) electrons. The van der Waals surface area contributed by atoms with E-state index in [1.807, 2.05) is 13.8 Å². The molecule has 0 spiro atoms. The standard InChI is InChI=1S/C15H25N3O3/c1-3-9(2)18-13(19)8-12(15(18)21)17-11-6-4-10(5-7-11)14(16)20/h9-12,17H,3-8H2,1-2H3,(H2,16,20). The number of nitrogens with two attached hydrogens (primary N) is 1. The number of likely N-dealkylation sites (tertiary alicyclic amines) is 1. The zero-order valence-corrected chi connectivity index (χ0v) is 12.8. The molecular weight excluding hydrogens is 270 g/mol. The van der Waals surface area contributed by atoms with Crippen LogP contribution in [0.5, 0.6) is 0 Å². The maximum Gasteiger partial charge on any atom is 0.247 e. The Bertz CT molecular complexity index is 430. The van der Waals surface area contributed by atoms with Crippen molar-refractivity contribution in [2.24, 2.45) is 11.7 Å². The van der Waals surface area contributed by atoms with Gasteiger partial charge < -0.3 is 11.1 Å². The van der Waals surface area contributed by atoms with Crippen LogP contribution in [0.1, 0.15) is 52.4 Å². The van der Waals surface area contributed by atoms with Gasteiger partial charge in [0.05, 0.1) is 12.5 Å². The molecule has 2 rings (SSSR count). The molecule has 2 aliphatic rings. The quantitative estimate of drug-likeness (QED) is 0.724. The molecule has 0 aromatic rings. The summed E-state index contributed by atoms with van der Waals surface area (Å²) >= 11 is 0. The smallest absolute Gasteiger partial charge is 0.247 e. The Hall–Kier alpha value is -1.43. The predicted octanol–water partition coefficient (Wildman–Crippen LogP) is 0.546. The van der Waals surface area contributed by atoms with Gasteiger partial charge in [0.1, 0.15) is 0 Å². The van der Waals surface area contributed by atoms with Gasteiger partial charge in [-0.25, -0.2) is 0 Å². The van der Waals surface area contributed by atoms with E-state index in [-0.39, 0.29) is 42.1 Å². The average Bonchev–Trinajstić information content (AvgIpc) is 2.73. The molecular formula is C15H25N3O3. The molecule has 0 aromatic carbocycles. The summed E-state index contributed by atoms with van der Waals surface area (Å²) < 4.78 is 0. The number of nitrogens with zero attached hydrogens (tertiary/aromatic N) is 1. The van der Waals surface area contributed by atoms with Crippen LogP contribution in [0.15, 0.2) is 0 Å². The van der Waals surface area contributed by atoms with Crippen LogP contribution in [-0.2, 0) is 14.4 Å². The minimum atomic E-state index is -0.401. The van der Waals surface area contributed by atoms with Crippen molar-refractivity contribution < 1.29 is 14.4 Å². The van der Waals surface area contributed by atoms with Crippen molar-refractivity contribution in [3.8, 4) is 0 Å². The van der Waals surface area contributed by atoms with Crippen molar-refractivity contribution in [1.29, 1.82) is 0 Å². The Labute approximate surface area is 125 Å². The molecule has 1 aliphatic carbocycles. The lowest BCUT2D eigenvalue weighted by molar-refractivity contribution is -0.141. The molecule has 2 fully saturated rings. The molecule has 1 saturated carbocycles. The summed E-state index contributed by atoms with van der Waals surface area (Å²) in [7, 11) is 0. The van der Waals surface area contributed by atoms with Gasteiger partial charge in [-0.2, -0.15) is 0 Å². The van der Waals surface area contributed by atoms with Crippen LogP contribution in [0, 0.1) is 5.92 Å². The van der Waals surface area contributed by atoms with Crippen molar-refractivity contribution in [3.63, 3.8) is 0 Å². The fourth-order valence-corrected chi connectivity index (χ4v) is 3.26. The number of hydrogen-bond donors (Lipinski definition) is 2. The topological polar surface area (TPSA) is 92.5 Å². The molecule has 3 N–H and O–H groups in total. The molecule has 6 heteroatoms. The summed E-state index contributed by atoms with van der Waals surface area (Å²) in [6, 6.07) is -0.247. The molecule has 6 nitrogen and oxygen atoms in total. The van der Waals surface area contributed by atoms with Crippen LogP contribution in [0.4, 0.5) is 0 Å². The van der Waals surface area contributed by atoms with Crippen molar-refractivity contribution in [2.75, 3.05) is 0 Å². The monoisotopic (exact) mass is 295 g/mol. The first-order valence-electron chi connectivity index (χ1n) is 7.85. The molecule has 0 aromatic heterocycles. The summed E-state index contributed by atoms with van der Waals surface area (Å²) in [6.07, 6.45) is 4.20. The summed E-state index contributed by atoms with van der Waals surface area (Å²) in [5.74, 6) is -0.465. The molecule has 21 heavy (non-hydrogen) atoms. The molecule has 0 bridgehead atoms. The highest BCUT2D eigenvalue weighted by molar-refractivity contribution is 6.05. The summed E-state index contributed by atoms with van der Waals surface area (Å²) in [5, 5.41) is 3.30. The maximum atomic E-state index is 12.3. The Morgan fingerprint density at radius 2 is 1.95 bits per heavy atom. The van der Waals surface area contributed by atoms with E-state index in [0.717, 1.165) is 32.1 Å². The number of carbonyl (C=O) groups is 3. The van der Waals surface area contributed by atoms with E-state index in [2.05, 4.69) is 5.32 Å². The number of amides is 3. The highest BCUT2D eigenvalue weighted by Gasteiger charge is 2.41. The first-order chi connectivity index (χ1) is 9.93. The van der Waals surface area contributed by atoms with Crippen LogP contribution in [0.3, 0.4) is 0 Å². The zero-order valence-electron chi connectivity index (χ0n) is 12.8. The van der Waals surface area contributed by atoms with Crippen molar-refractivity contribution in [3.05, 3.63) is 0 Å². The normalized spacial score (nSPS) is 31.5. The van der Waals surface area contributed by atoms with Crippen molar-refractivity contribution in [2.45, 2.75) is 70.5 Å². The van der Waals surface area contributed by atoms with Gasteiger partial charge in [0, 0.05) is 18.0 Å². The van der Waals surface area contributed by atoms with Gasteiger partial charge in [-0.15, -0.1) is 0 Å². The molecule has 2 unspecified atom stereocenters. The van der Waals surface area contributed by atoms with Crippen LogP contribution >= 0.6 is 0 Å². The Kier molecular flexibility index (Phi) is 4.98. The third-order valence-electron chi connectivity index (χ3n) is 4.78. The Morgan fingerprint density at radius 3 is 2.48 bits per heavy atom. The fraction of sp³-hybridized carbons (Fsp3) is 0.800.